The van der Waals surface area contributed by atoms with Crippen molar-refractivity contribution in [2.24, 2.45) is 5.10 Å². The summed E-state index contributed by atoms with van der Waals surface area (Å²) in [5, 5.41) is 15.1. The number of amides is 3. The lowest BCUT2D eigenvalue weighted by molar-refractivity contribution is -0.384. The summed E-state index contributed by atoms with van der Waals surface area (Å²) < 4.78 is 5.79. The Kier molecular flexibility index (Phi) is 6.91. The Bertz CT molecular complexity index is 1390. The summed E-state index contributed by atoms with van der Waals surface area (Å²) in [6, 6.07) is 12.1. The average molecular weight is 489 g/mol. The lowest BCUT2D eigenvalue weighted by Crippen LogP contribution is -2.41. The first kappa shape index (κ1) is 24.3. The molecular weight excluding hydrogens is 466 g/mol. The summed E-state index contributed by atoms with van der Waals surface area (Å²) in [5.41, 5.74) is 10.3. The fourth-order valence-electron chi connectivity index (χ4n) is 3.98. The van der Waals surface area contributed by atoms with Crippen LogP contribution < -0.4 is 16.3 Å². The number of nitrogens with one attached hydrogen (secondary N) is 3. The molecule has 1 heterocycles. The number of nitrogens with zero attached hydrogens (tertiary/aromatic N) is 2. The fourth-order valence-corrected chi connectivity index (χ4v) is 3.98. The van der Waals surface area contributed by atoms with Gasteiger partial charge in [0.15, 0.2) is 5.76 Å². The highest BCUT2D eigenvalue weighted by atomic mass is 16.6. The minimum atomic E-state index is -0.666. The van der Waals surface area contributed by atoms with E-state index in [1.54, 1.807) is 19.1 Å². The maximum Gasteiger partial charge on any atom is 0.305 e. The van der Waals surface area contributed by atoms with Crippen molar-refractivity contribution < 1.29 is 23.7 Å². The summed E-state index contributed by atoms with van der Waals surface area (Å²) in [4.78, 5) is 47.8. The molecule has 0 radical (unpaired) electrons. The Hall–Kier alpha value is -4.80. The maximum absolute atomic E-state index is 12.7. The van der Waals surface area contributed by atoms with E-state index < -0.39 is 16.7 Å². The molecule has 0 atom stereocenters. The van der Waals surface area contributed by atoms with Gasteiger partial charge in [-0.3, -0.25) is 35.3 Å². The minimum absolute atomic E-state index is 0.0174. The number of furan rings is 1. The molecule has 3 amide bonds. The van der Waals surface area contributed by atoms with E-state index in [-0.39, 0.29) is 22.9 Å². The van der Waals surface area contributed by atoms with E-state index in [0.29, 0.717) is 41.0 Å². The largest absolute Gasteiger partial charge is 0.455 e. The van der Waals surface area contributed by atoms with Gasteiger partial charge in [-0.1, -0.05) is 18.2 Å². The number of non-ortho nitro benzene ring substituents is 1. The van der Waals surface area contributed by atoms with Crippen molar-refractivity contribution in [1.29, 1.82) is 0 Å². The zero-order chi connectivity index (χ0) is 25.8. The molecule has 0 aliphatic heterocycles. The van der Waals surface area contributed by atoms with Crippen LogP contribution in [0.25, 0.3) is 0 Å². The molecule has 1 aliphatic carbocycles. The summed E-state index contributed by atoms with van der Waals surface area (Å²) in [7, 11) is 0. The van der Waals surface area contributed by atoms with Crippen LogP contribution in [0.3, 0.4) is 0 Å². The Balaban J connectivity index is 1.46. The van der Waals surface area contributed by atoms with Gasteiger partial charge in [-0.25, -0.2) is 5.43 Å². The van der Waals surface area contributed by atoms with E-state index in [2.05, 4.69) is 21.4 Å². The molecule has 3 aromatic rings. The highest BCUT2D eigenvalue weighted by Crippen LogP contribution is 2.29. The standard InChI is InChI=1S/C25H23N5O6/c1-14-6-3-4-7-18(14)24(32)28-26-19-8-5-9-20-21(19)15(2)22(36-20)25(33)29-27-23(31)16-10-12-17(13-11-16)30(34)35/h3-4,6-7,10-13H,5,8-9H2,1-2H3,(H,27,31)(H,28,32)(H,29,33)/b26-19+. The molecule has 0 fully saturated rings. The van der Waals surface area contributed by atoms with Gasteiger partial charge in [0, 0.05) is 40.8 Å². The fraction of sp³-hybridized carbons (Fsp3) is 0.200. The van der Waals surface area contributed by atoms with Crippen LogP contribution in [0.15, 0.2) is 58.0 Å². The van der Waals surface area contributed by atoms with Crippen LogP contribution in [0.2, 0.25) is 0 Å². The number of nitro benzene ring substituents is 1. The zero-order valence-electron chi connectivity index (χ0n) is 19.6. The van der Waals surface area contributed by atoms with Gasteiger partial charge in [0.05, 0.1) is 10.6 Å². The summed E-state index contributed by atoms with van der Waals surface area (Å²) in [5.74, 6) is -1.05. The van der Waals surface area contributed by atoms with Gasteiger partial charge in [-0.2, -0.15) is 5.10 Å². The molecule has 0 saturated carbocycles. The van der Waals surface area contributed by atoms with E-state index in [1.807, 2.05) is 19.1 Å². The van der Waals surface area contributed by atoms with Gasteiger partial charge in [-0.15, -0.1) is 0 Å². The Morgan fingerprint density at radius 1 is 0.944 bits per heavy atom. The van der Waals surface area contributed by atoms with Crippen LogP contribution in [0.5, 0.6) is 0 Å². The van der Waals surface area contributed by atoms with Crippen molar-refractivity contribution in [3.05, 3.63) is 98.0 Å². The van der Waals surface area contributed by atoms with Crippen molar-refractivity contribution in [2.75, 3.05) is 0 Å². The van der Waals surface area contributed by atoms with E-state index in [1.165, 1.54) is 24.3 Å². The van der Waals surface area contributed by atoms with Gasteiger partial charge >= 0.3 is 5.91 Å². The van der Waals surface area contributed by atoms with E-state index in [9.17, 15) is 24.5 Å². The second kappa shape index (κ2) is 10.2. The van der Waals surface area contributed by atoms with Crippen molar-refractivity contribution in [1.82, 2.24) is 16.3 Å². The molecule has 1 aliphatic rings. The summed E-state index contributed by atoms with van der Waals surface area (Å²) in [6.45, 7) is 3.55. The first-order valence-corrected chi connectivity index (χ1v) is 11.2. The van der Waals surface area contributed by atoms with Crippen molar-refractivity contribution in [3.8, 4) is 0 Å². The van der Waals surface area contributed by atoms with Gasteiger partial charge < -0.3 is 4.42 Å². The number of fused-ring (bicyclic) bond motifs is 1. The Morgan fingerprint density at radius 2 is 1.64 bits per heavy atom. The third-order valence-electron chi connectivity index (χ3n) is 5.84. The van der Waals surface area contributed by atoms with Crippen LogP contribution in [-0.4, -0.2) is 28.4 Å². The number of carbonyl (C=O) groups is 3. The van der Waals surface area contributed by atoms with Gasteiger partial charge in [0.25, 0.3) is 17.5 Å². The van der Waals surface area contributed by atoms with Crippen LogP contribution in [-0.2, 0) is 6.42 Å². The first-order chi connectivity index (χ1) is 17.3. The monoisotopic (exact) mass is 489 g/mol. The van der Waals surface area contributed by atoms with E-state index in [0.717, 1.165) is 12.0 Å². The summed E-state index contributed by atoms with van der Waals surface area (Å²) in [6.07, 6.45) is 1.93. The van der Waals surface area contributed by atoms with E-state index in [4.69, 9.17) is 4.42 Å². The van der Waals surface area contributed by atoms with Crippen LogP contribution in [0.1, 0.15) is 66.6 Å². The smallest absolute Gasteiger partial charge is 0.305 e. The number of hydrazone groups is 1. The number of carbonyl (C=O) groups excluding carboxylic acids is 3. The van der Waals surface area contributed by atoms with Gasteiger partial charge in [0.2, 0.25) is 0 Å². The predicted molar refractivity (Wildman–Crippen MR) is 130 cm³/mol. The predicted octanol–water partition coefficient (Wildman–Crippen LogP) is 3.35. The van der Waals surface area contributed by atoms with Crippen molar-refractivity contribution in [2.45, 2.75) is 33.1 Å². The molecule has 3 N–H and O–H groups in total. The number of hydrazine groups is 1. The molecule has 11 nitrogen and oxygen atoms in total. The highest BCUT2D eigenvalue weighted by Gasteiger charge is 2.28. The van der Waals surface area contributed by atoms with Crippen LogP contribution in [0.4, 0.5) is 5.69 Å². The maximum atomic E-state index is 12.7. The highest BCUT2D eigenvalue weighted by molar-refractivity contribution is 6.07. The number of nitro groups is 1. The van der Waals surface area contributed by atoms with Gasteiger partial charge in [-0.05, 0) is 50.5 Å². The topological polar surface area (TPSA) is 156 Å². The number of hydrogen-bond donors (Lipinski definition) is 3. The van der Waals surface area contributed by atoms with Crippen LogP contribution >= 0.6 is 0 Å². The molecule has 0 spiro atoms. The first-order valence-electron chi connectivity index (χ1n) is 11.2. The van der Waals surface area contributed by atoms with E-state index >= 15 is 0 Å². The molecule has 0 unspecified atom stereocenters. The zero-order valence-corrected chi connectivity index (χ0v) is 19.6. The lowest BCUT2D eigenvalue weighted by atomic mass is 9.93. The SMILES string of the molecule is Cc1ccccc1C(=O)N/N=C1\CCCc2oc(C(=O)NNC(=O)c3ccc([N+](=O)[O-])cc3)c(C)c21. The Morgan fingerprint density at radius 3 is 2.33 bits per heavy atom. The number of rotatable bonds is 5. The third kappa shape index (κ3) is 4.99. The van der Waals surface area contributed by atoms with Crippen LogP contribution in [0, 0.1) is 24.0 Å². The average Bonchev–Trinajstić information content (AvgIpc) is 3.23. The minimum Gasteiger partial charge on any atom is -0.455 e. The van der Waals surface area contributed by atoms with Gasteiger partial charge in [0.1, 0.15) is 5.76 Å². The van der Waals surface area contributed by atoms with Crippen molar-refractivity contribution in [3.63, 3.8) is 0 Å². The number of aryl methyl sites for hydroxylation is 2. The molecular formula is C25H23N5O6. The molecule has 11 heteroatoms. The van der Waals surface area contributed by atoms with Crippen molar-refractivity contribution >= 4 is 29.1 Å². The third-order valence-corrected chi connectivity index (χ3v) is 5.84. The lowest BCUT2D eigenvalue weighted by Gasteiger charge is -2.13. The quantitative estimate of drug-likeness (QED) is 0.369. The molecule has 184 valence electrons. The second-order valence-corrected chi connectivity index (χ2v) is 8.23. The summed E-state index contributed by atoms with van der Waals surface area (Å²) >= 11 is 0. The molecule has 1 aromatic heterocycles. The molecule has 0 bridgehead atoms. The molecule has 36 heavy (non-hydrogen) atoms. The Labute approximate surface area is 205 Å². The number of hydrogen-bond acceptors (Lipinski definition) is 7. The molecule has 2 aromatic carbocycles. The number of benzene rings is 2. The second-order valence-electron chi connectivity index (χ2n) is 8.23. The molecule has 4 rings (SSSR count). The molecule has 0 saturated heterocycles. The normalized spacial score (nSPS) is 13.6.